The fourth-order valence-corrected chi connectivity index (χ4v) is 4.53. The molecule has 0 spiro atoms. The summed E-state index contributed by atoms with van der Waals surface area (Å²) in [5.41, 5.74) is 0. The SMILES string of the molecule is CN(C)[SiH](C)CC[SiH3]. The number of rotatable bonds is 3. The largest absolute Gasteiger partial charge is 0.332 e. The van der Waals surface area contributed by atoms with Crippen LogP contribution in [0, 0.1) is 0 Å². The van der Waals surface area contributed by atoms with E-state index in [4.69, 9.17) is 0 Å². The molecular weight excluding hydrogens is 130 g/mol. The Balaban J connectivity index is 3.17. The zero-order valence-electron chi connectivity index (χ0n) is 6.44. The third kappa shape index (κ3) is 3.40. The average molecular weight is 147 g/mol. The first-order valence-electron chi connectivity index (χ1n) is 3.35. The van der Waals surface area contributed by atoms with E-state index in [1.54, 1.807) is 0 Å². The van der Waals surface area contributed by atoms with Crippen molar-refractivity contribution < 1.29 is 0 Å². The summed E-state index contributed by atoms with van der Waals surface area (Å²) in [6.45, 7) is 2.41. The minimum Gasteiger partial charge on any atom is -0.332 e. The van der Waals surface area contributed by atoms with Crippen molar-refractivity contribution in [3.05, 3.63) is 0 Å². The van der Waals surface area contributed by atoms with Crippen LogP contribution in [0.5, 0.6) is 0 Å². The number of hydrogen-bond donors (Lipinski definition) is 0. The van der Waals surface area contributed by atoms with Crippen molar-refractivity contribution >= 4 is 19.2 Å². The van der Waals surface area contributed by atoms with Crippen LogP contribution in [0.1, 0.15) is 0 Å². The molecular formula is C5H17NSi2. The molecule has 0 aliphatic rings. The van der Waals surface area contributed by atoms with Gasteiger partial charge in [0, 0.05) is 10.2 Å². The van der Waals surface area contributed by atoms with Gasteiger partial charge in [0.2, 0.25) is 0 Å². The van der Waals surface area contributed by atoms with Crippen LogP contribution in [0.15, 0.2) is 0 Å². The minimum absolute atomic E-state index is 0.407. The van der Waals surface area contributed by atoms with Crippen LogP contribution < -0.4 is 0 Å². The molecule has 50 valence electrons. The lowest BCUT2D eigenvalue weighted by molar-refractivity contribution is 0.641. The van der Waals surface area contributed by atoms with Gasteiger partial charge in [-0.2, -0.15) is 0 Å². The van der Waals surface area contributed by atoms with Crippen LogP contribution >= 0.6 is 0 Å². The van der Waals surface area contributed by atoms with Crippen LogP contribution in [0.4, 0.5) is 0 Å². The lowest BCUT2D eigenvalue weighted by Crippen LogP contribution is -2.28. The second kappa shape index (κ2) is 4.29. The van der Waals surface area contributed by atoms with E-state index in [1.165, 1.54) is 22.3 Å². The molecule has 0 bridgehead atoms. The van der Waals surface area contributed by atoms with Crippen LogP contribution in [-0.2, 0) is 0 Å². The maximum atomic E-state index is 2.41. The van der Waals surface area contributed by atoms with Gasteiger partial charge in [-0.3, -0.25) is 0 Å². The van der Waals surface area contributed by atoms with Crippen molar-refractivity contribution in [2.24, 2.45) is 0 Å². The zero-order chi connectivity index (χ0) is 6.57. The molecule has 0 amide bonds. The van der Waals surface area contributed by atoms with Crippen LogP contribution in [0.2, 0.25) is 18.6 Å². The maximum Gasteiger partial charge on any atom is 0.107 e. The van der Waals surface area contributed by atoms with Gasteiger partial charge in [-0.25, -0.2) is 0 Å². The van der Waals surface area contributed by atoms with E-state index >= 15 is 0 Å². The second-order valence-electron chi connectivity index (χ2n) is 2.60. The third-order valence-electron chi connectivity index (χ3n) is 1.59. The summed E-state index contributed by atoms with van der Waals surface area (Å²) < 4.78 is 2.41. The van der Waals surface area contributed by atoms with Crippen molar-refractivity contribution in [2.75, 3.05) is 14.1 Å². The predicted molar refractivity (Wildman–Crippen MR) is 46.3 cm³/mol. The normalized spacial score (nSPS) is 15.0. The monoisotopic (exact) mass is 147 g/mol. The Morgan fingerprint density at radius 3 is 2.12 bits per heavy atom. The lowest BCUT2D eigenvalue weighted by Gasteiger charge is -2.16. The summed E-state index contributed by atoms with van der Waals surface area (Å²) in [5.74, 6) is 0. The van der Waals surface area contributed by atoms with Gasteiger partial charge in [-0.05, 0) is 14.1 Å². The Bertz CT molecular complexity index is 56.4. The fraction of sp³-hybridized carbons (Fsp3) is 1.00. The quantitative estimate of drug-likeness (QED) is 0.495. The van der Waals surface area contributed by atoms with Crippen LogP contribution in [0.25, 0.3) is 0 Å². The van der Waals surface area contributed by atoms with E-state index in [0.717, 1.165) is 0 Å². The molecule has 0 aromatic carbocycles. The molecule has 0 aliphatic heterocycles. The molecule has 1 nitrogen and oxygen atoms in total. The average Bonchev–Trinajstić information content (AvgIpc) is 1.67. The Morgan fingerprint density at radius 1 is 1.50 bits per heavy atom. The van der Waals surface area contributed by atoms with E-state index < -0.39 is 8.96 Å². The molecule has 0 N–H and O–H groups in total. The smallest absolute Gasteiger partial charge is 0.107 e. The summed E-state index contributed by atoms with van der Waals surface area (Å²) >= 11 is 0. The first kappa shape index (κ1) is 8.39. The third-order valence-corrected chi connectivity index (χ3v) is 6.50. The Kier molecular flexibility index (Phi) is 4.50. The highest BCUT2D eigenvalue weighted by atomic mass is 28.3. The molecule has 0 rings (SSSR count). The second-order valence-corrected chi connectivity index (χ2v) is 6.91. The molecule has 3 heteroatoms. The van der Waals surface area contributed by atoms with Crippen molar-refractivity contribution in [1.82, 2.24) is 4.57 Å². The van der Waals surface area contributed by atoms with Gasteiger partial charge >= 0.3 is 0 Å². The van der Waals surface area contributed by atoms with Gasteiger partial charge in [0.05, 0.1) is 0 Å². The molecule has 1 unspecified atom stereocenters. The summed E-state index contributed by atoms with van der Waals surface area (Å²) in [6.07, 6.45) is 0. The van der Waals surface area contributed by atoms with Crippen LogP contribution in [0.3, 0.4) is 0 Å². The van der Waals surface area contributed by atoms with Crippen LogP contribution in [-0.4, -0.2) is 37.9 Å². The highest BCUT2D eigenvalue weighted by Gasteiger charge is 2.02. The van der Waals surface area contributed by atoms with Gasteiger partial charge in [-0.15, -0.1) is 0 Å². The fourth-order valence-electron chi connectivity index (χ4n) is 0.676. The summed E-state index contributed by atoms with van der Waals surface area (Å²) in [5, 5.41) is 0. The molecule has 0 heterocycles. The highest BCUT2D eigenvalue weighted by Crippen LogP contribution is 1.96. The molecule has 8 heavy (non-hydrogen) atoms. The highest BCUT2D eigenvalue weighted by molar-refractivity contribution is 6.54. The van der Waals surface area contributed by atoms with Gasteiger partial charge in [0.15, 0.2) is 0 Å². The summed E-state index contributed by atoms with van der Waals surface area (Å²) in [6, 6.07) is 3.00. The van der Waals surface area contributed by atoms with Crippen molar-refractivity contribution in [2.45, 2.75) is 18.6 Å². The lowest BCUT2D eigenvalue weighted by atomic mass is 10.9. The molecule has 0 aliphatic carbocycles. The molecule has 0 aromatic rings. The van der Waals surface area contributed by atoms with Gasteiger partial charge in [0.1, 0.15) is 8.96 Å². The van der Waals surface area contributed by atoms with Gasteiger partial charge < -0.3 is 4.57 Å². The zero-order valence-corrected chi connectivity index (χ0v) is 9.59. The Labute approximate surface area is 57.2 Å². The van der Waals surface area contributed by atoms with Crippen molar-refractivity contribution in [1.29, 1.82) is 0 Å². The first-order valence-corrected chi connectivity index (χ1v) is 7.25. The Morgan fingerprint density at radius 2 is 2.00 bits per heavy atom. The maximum absolute atomic E-state index is 2.41. The minimum atomic E-state index is -0.407. The molecule has 1 atom stereocenters. The molecule has 0 aromatic heterocycles. The topological polar surface area (TPSA) is 3.24 Å². The van der Waals surface area contributed by atoms with Gasteiger partial charge in [0.25, 0.3) is 0 Å². The van der Waals surface area contributed by atoms with E-state index in [2.05, 4.69) is 25.2 Å². The van der Waals surface area contributed by atoms with Crippen molar-refractivity contribution in [3.63, 3.8) is 0 Å². The molecule has 0 saturated carbocycles. The summed E-state index contributed by atoms with van der Waals surface area (Å²) in [4.78, 5) is 0. The molecule has 0 fully saturated rings. The molecule has 0 saturated heterocycles. The standard InChI is InChI=1S/C5H17NSi2/c1-6(2)8(3)5-4-7/h8H,4-5H2,1-3,7H3. The van der Waals surface area contributed by atoms with E-state index in [9.17, 15) is 0 Å². The van der Waals surface area contributed by atoms with E-state index in [-0.39, 0.29) is 0 Å². The van der Waals surface area contributed by atoms with Gasteiger partial charge in [-0.1, -0.05) is 18.6 Å². The first-order chi connectivity index (χ1) is 3.68. The summed E-state index contributed by atoms with van der Waals surface area (Å²) in [7, 11) is 5.39. The van der Waals surface area contributed by atoms with E-state index in [1.807, 2.05) is 0 Å². The Hall–Kier alpha value is 0.394. The number of nitrogens with zero attached hydrogens (tertiary/aromatic N) is 1. The molecule has 0 radical (unpaired) electrons. The van der Waals surface area contributed by atoms with Crippen molar-refractivity contribution in [3.8, 4) is 0 Å². The van der Waals surface area contributed by atoms with E-state index in [0.29, 0.717) is 0 Å². The predicted octanol–water partition coefficient (Wildman–Crippen LogP) is -0.315. The number of hydrogen-bond acceptors (Lipinski definition) is 1.